The van der Waals surface area contributed by atoms with Crippen LogP contribution in [-0.2, 0) is 4.79 Å². The van der Waals surface area contributed by atoms with Gasteiger partial charge in [-0.15, -0.1) is 0 Å². The summed E-state index contributed by atoms with van der Waals surface area (Å²) in [7, 11) is 1.59. The molecule has 0 atom stereocenters. The molecule has 25 heavy (non-hydrogen) atoms. The van der Waals surface area contributed by atoms with Gasteiger partial charge in [-0.05, 0) is 43.3 Å². The number of fused-ring (bicyclic) bond motifs is 1. The topological polar surface area (TPSA) is 69.7 Å². The predicted molar refractivity (Wildman–Crippen MR) is 97.9 cm³/mol. The third-order valence-corrected chi connectivity index (χ3v) is 4.29. The molecule has 3 aromatic rings. The molecule has 1 N–H and O–H groups in total. The fraction of sp³-hybridized carbons (Fsp3) is 0.222. The fourth-order valence-corrected chi connectivity index (χ4v) is 3.14. The van der Waals surface area contributed by atoms with Crippen molar-refractivity contribution in [2.75, 3.05) is 25.6 Å². The molecule has 0 saturated heterocycles. The third-order valence-electron chi connectivity index (χ3n) is 3.35. The SMILES string of the molecule is CCOc1ccc(OCC(=O)Nc2nc3c(OC)cccc3s2)cc1. The molecule has 0 fully saturated rings. The second-order valence-corrected chi connectivity index (χ2v) is 6.10. The zero-order chi connectivity index (χ0) is 17.6. The number of para-hydroxylation sites is 1. The van der Waals surface area contributed by atoms with Crippen LogP contribution < -0.4 is 19.5 Å². The number of hydrogen-bond acceptors (Lipinski definition) is 6. The summed E-state index contributed by atoms with van der Waals surface area (Å²) < 4.78 is 17.1. The molecule has 1 aromatic heterocycles. The van der Waals surface area contributed by atoms with E-state index in [1.165, 1.54) is 11.3 Å². The Kier molecular flexibility index (Phi) is 5.35. The monoisotopic (exact) mass is 358 g/mol. The second kappa shape index (κ2) is 7.85. The maximum absolute atomic E-state index is 12.1. The van der Waals surface area contributed by atoms with Crippen LogP contribution in [0.4, 0.5) is 5.13 Å². The van der Waals surface area contributed by atoms with Crippen LogP contribution in [0.3, 0.4) is 0 Å². The number of rotatable bonds is 7. The Hall–Kier alpha value is -2.80. The molecule has 0 saturated carbocycles. The van der Waals surface area contributed by atoms with Crippen LogP contribution >= 0.6 is 11.3 Å². The lowest BCUT2D eigenvalue weighted by Crippen LogP contribution is -2.19. The third kappa shape index (κ3) is 4.19. The average molecular weight is 358 g/mol. The molecule has 0 bridgehead atoms. The molecule has 0 aliphatic rings. The smallest absolute Gasteiger partial charge is 0.264 e. The van der Waals surface area contributed by atoms with Gasteiger partial charge in [-0.2, -0.15) is 0 Å². The van der Waals surface area contributed by atoms with Gasteiger partial charge in [-0.25, -0.2) is 4.98 Å². The van der Waals surface area contributed by atoms with Gasteiger partial charge >= 0.3 is 0 Å². The van der Waals surface area contributed by atoms with E-state index in [0.717, 1.165) is 16.0 Å². The number of carbonyl (C=O) groups is 1. The van der Waals surface area contributed by atoms with E-state index >= 15 is 0 Å². The normalized spacial score (nSPS) is 10.5. The van der Waals surface area contributed by atoms with Crippen LogP contribution in [0, 0.1) is 0 Å². The van der Waals surface area contributed by atoms with Gasteiger partial charge in [0.1, 0.15) is 22.8 Å². The number of hydrogen-bond donors (Lipinski definition) is 1. The lowest BCUT2D eigenvalue weighted by Gasteiger charge is -2.07. The number of nitrogens with one attached hydrogen (secondary N) is 1. The van der Waals surface area contributed by atoms with Gasteiger partial charge in [-0.1, -0.05) is 17.4 Å². The van der Waals surface area contributed by atoms with Crippen molar-refractivity contribution in [3.8, 4) is 17.2 Å². The number of aromatic nitrogens is 1. The maximum Gasteiger partial charge on any atom is 0.264 e. The molecular formula is C18H18N2O4S. The number of ether oxygens (including phenoxy) is 3. The number of amides is 1. The number of methoxy groups -OCH3 is 1. The quantitative estimate of drug-likeness (QED) is 0.697. The molecule has 130 valence electrons. The van der Waals surface area contributed by atoms with Gasteiger partial charge in [0.2, 0.25) is 0 Å². The van der Waals surface area contributed by atoms with Gasteiger partial charge in [0, 0.05) is 0 Å². The van der Waals surface area contributed by atoms with Gasteiger partial charge in [0.05, 0.1) is 18.4 Å². The Bertz CT molecular complexity index is 861. The van der Waals surface area contributed by atoms with Gasteiger partial charge in [0.15, 0.2) is 11.7 Å². The van der Waals surface area contributed by atoms with Crippen LogP contribution in [-0.4, -0.2) is 31.2 Å². The van der Waals surface area contributed by atoms with Gasteiger partial charge in [0.25, 0.3) is 5.91 Å². The number of benzene rings is 2. The van der Waals surface area contributed by atoms with Crippen LogP contribution in [0.25, 0.3) is 10.2 Å². The molecule has 6 nitrogen and oxygen atoms in total. The molecule has 0 spiro atoms. The number of carbonyl (C=O) groups excluding carboxylic acids is 1. The van der Waals surface area contributed by atoms with E-state index in [1.807, 2.05) is 25.1 Å². The molecule has 1 amide bonds. The van der Waals surface area contributed by atoms with Crippen LogP contribution in [0.1, 0.15) is 6.92 Å². The summed E-state index contributed by atoms with van der Waals surface area (Å²) in [6.07, 6.45) is 0. The van der Waals surface area contributed by atoms with Crippen molar-refractivity contribution < 1.29 is 19.0 Å². The van der Waals surface area contributed by atoms with Crippen LogP contribution in [0.5, 0.6) is 17.2 Å². The highest BCUT2D eigenvalue weighted by Gasteiger charge is 2.11. The summed E-state index contributed by atoms with van der Waals surface area (Å²) in [5.41, 5.74) is 0.734. The first kappa shape index (κ1) is 17.0. The largest absolute Gasteiger partial charge is 0.494 e. The Labute approximate surface area is 149 Å². The Balaban J connectivity index is 1.59. The van der Waals surface area contributed by atoms with E-state index in [1.54, 1.807) is 31.4 Å². The molecular weight excluding hydrogens is 340 g/mol. The van der Waals surface area contributed by atoms with Crippen molar-refractivity contribution in [2.45, 2.75) is 6.92 Å². The molecule has 0 aliphatic heterocycles. The molecule has 0 radical (unpaired) electrons. The number of thiazole rings is 1. The van der Waals surface area contributed by atoms with E-state index in [2.05, 4.69) is 10.3 Å². The van der Waals surface area contributed by atoms with E-state index in [9.17, 15) is 4.79 Å². The number of nitrogens with zero attached hydrogens (tertiary/aromatic N) is 1. The van der Waals surface area contributed by atoms with Crippen molar-refractivity contribution in [2.24, 2.45) is 0 Å². The zero-order valence-corrected chi connectivity index (χ0v) is 14.8. The fourth-order valence-electron chi connectivity index (χ4n) is 2.24. The first-order valence-electron chi connectivity index (χ1n) is 7.78. The van der Waals surface area contributed by atoms with E-state index < -0.39 is 0 Å². The minimum absolute atomic E-state index is 0.0962. The molecule has 0 unspecified atom stereocenters. The Morgan fingerprint density at radius 3 is 2.52 bits per heavy atom. The minimum atomic E-state index is -0.271. The van der Waals surface area contributed by atoms with Crippen molar-refractivity contribution in [3.63, 3.8) is 0 Å². The summed E-state index contributed by atoms with van der Waals surface area (Å²) in [6, 6.07) is 12.8. The standard InChI is InChI=1S/C18H18N2O4S/c1-3-23-12-7-9-13(10-8-12)24-11-16(21)19-18-20-17-14(22-2)5-4-6-15(17)25-18/h4-10H,3,11H2,1-2H3,(H,19,20,21). The maximum atomic E-state index is 12.1. The highest BCUT2D eigenvalue weighted by atomic mass is 32.1. The van der Waals surface area contributed by atoms with Gasteiger partial charge < -0.3 is 14.2 Å². The molecule has 1 heterocycles. The summed E-state index contributed by atoms with van der Waals surface area (Å²) in [5, 5.41) is 3.26. The Morgan fingerprint density at radius 2 is 1.84 bits per heavy atom. The molecule has 2 aromatic carbocycles. The molecule has 3 rings (SSSR count). The average Bonchev–Trinajstić information content (AvgIpc) is 3.03. The molecule has 0 aliphatic carbocycles. The summed E-state index contributed by atoms with van der Waals surface area (Å²) >= 11 is 1.39. The lowest BCUT2D eigenvalue weighted by molar-refractivity contribution is -0.118. The van der Waals surface area contributed by atoms with Crippen molar-refractivity contribution in [1.82, 2.24) is 4.98 Å². The van der Waals surface area contributed by atoms with Crippen LogP contribution in [0.15, 0.2) is 42.5 Å². The number of anilines is 1. The van der Waals surface area contributed by atoms with Crippen molar-refractivity contribution >= 4 is 32.6 Å². The summed E-state index contributed by atoms with van der Waals surface area (Å²) in [5.74, 6) is 1.78. The summed E-state index contributed by atoms with van der Waals surface area (Å²) in [6.45, 7) is 2.43. The Morgan fingerprint density at radius 1 is 1.12 bits per heavy atom. The van der Waals surface area contributed by atoms with Crippen LogP contribution in [0.2, 0.25) is 0 Å². The highest BCUT2D eigenvalue weighted by molar-refractivity contribution is 7.22. The van der Waals surface area contributed by atoms with Crippen molar-refractivity contribution in [1.29, 1.82) is 0 Å². The van der Waals surface area contributed by atoms with E-state index in [-0.39, 0.29) is 12.5 Å². The minimum Gasteiger partial charge on any atom is -0.494 e. The summed E-state index contributed by atoms with van der Waals surface area (Å²) in [4.78, 5) is 16.5. The zero-order valence-electron chi connectivity index (χ0n) is 13.9. The van der Waals surface area contributed by atoms with E-state index in [0.29, 0.717) is 23.2 Å². The molecule has 7 heteroatoms. The second-order valence-electron chi connectivity index (χ2n) is 5.07. The highest BCUT2D eigenvalue weighted by Crippen LogP contribution is 2.32. The first-order chi connectivity index (χ1) is 12.2. The van der Waals surface area contributed by atoms with Crippen molar-refractivity contribution in [3.05, 3.63) is 42.5 Å². The predicted octanol–water partition coefficient (Wildman–Crippen LogP) is 3.72. The van der Waals surface area contributed by atoms with Gasteiger partial charge in [-0.3, -0.25) is 10.1 Å². The first-order valence-corrected chi connectivity index (χ1v) is 8.60. The van der Waals surface area contributed by atoms with E-state index in [4.69, 9.17) is 14.2 Å². The lowest BCUT2D eigenvalue weighted by atomic mass is 10.3.